The molecule has 0 aromatic heterocycles. The summed E-state index contributed by atoms with van der Waals surface area (Å²) < 4.78 is 30.9. The van der Waals surface area contributed by atoms with Gasteiger partial charge in [-0.05, 0) is 44.9 Å². The number of aliphatic imine (C=N–C) groups is 1. The molecule has 0 radical (unpaired) electrons. The van der Waals surface area contributed by atoms with E-state index in [4.69, 9.17) is 16.3 Å². The van der Waals surface area contributed by atoms with Crippen LogP contribution in [0.25, 0.3) is 0 Å². The summed E-state index contributed by atoms with van der Waals surface area (Å²) in [6.45, 7) is 7.05. The normalized spacial score (nSPS) is 17.4. The van der Waals surface area contributed by atoms with Crippen molar-refractivity contribution in [1.29, 1.82) is 0 Å². The maximum atomic E-state index is 11.4. The minimum Gasteiger partial charge on any atom is -0.495 e. The summed E-state index contributed by atoms with van der Waals surface area (Å²) in [6.07, 6.45) is 1.61. The Morgan fingerprint density at radius 2 is 2.17 bits per heavy atom. The van der Waals surface area contributed by atoms with Gasteiger partial charge in [-0.1, -0.05) is 11.6 Å². The predicted molar refractivity (Wildman–Crippen MR) is 120 cm³/mol. The molecule has 1 unspecified atom stereocenters. The zero-order valence-electron chi connectivity index (χ0n) is 17.4. The Kier molecular flexibility index (Phi) is 9.32. The second kappa shape index (κ2) is 11.5. The molecule has 1 aliphatic heterocycles. The van der Waals surface area contributed by atoms with E-state index in [2.05, 4.69) is 25.2 Å². The number of nitrogens with zero attached hydrogens (tertiary/aromatic N) is 2. The van der Waals surface area contributed by atoms with E-state index in [1.54, 1.807) is 14.0 Å². The third-order valence-electron chi connectivity index (χ3n) is 4.66. The number of anilines is 1. The first-order chi connectivity index (χ1) is 13.9. The molecule has 29 heavy (non-hydrogen) atoms. The molecule has 0 amide bonds. The Bertz CT molecular complexity index is 788. The van der Waals surface area contributed by atoms with Crippen molar-refractivity contribution in [2.24, 2.45) is 4.99 Å². The van der Waals surface area contributed by atoms with Gasteiger partial charge in [0.05, 0.1) is 18.6 Å². The summed E-state index contributed by atoms with van der Waals surface area (Å²) >= 11 is 6.16. The van der Waals surface area contributed by atoms with Crippen LogP contribution in [0.4, 0.5) is 5.69 Å². The van der Waals surface area contributed by atoms with Crippen molar-refractivity contribution in [3.05, 3.63) is 23.2 Å². The lowest BCUT2D eigenvalue weighted by atomic mass is 10.2. The fourth-order valence-corrected chi connectivity index (χ4v) is 3.95. The predicted octanol–water partition coefficient (Wildman–Crippen LogP) is 1.81. The Hall–Kier alpha value is -1.71. The zero-order chi connectivity index (χ0) is 21.3. The van der Waals surface area contributed by atoms with Crippen molar-refractivity contribution in [2.45, 2.75) is 32.7 Å². The maximum Gasteiger partial charge on any atom is 0.211 e. The van der Waals surface area contributed by atoms with Gasteiger partial charge in [0.15, 0.2) is 5.96 Å². The highest BCUT2D eigenvalue weighted by molar-refractivity contribution is 7.89. The summed E-state index contributed by atoms with van der Waals surface area (Å²) in [5.41, 5.74) is 0.995. The lowest BCUT2D eigenvalue weighted by Crippen LogP contribution is -2.44. The molecule has 0 aliphatic carbocycles. The number of ether oxygens (including phenoxy) is 1. The molecule has 164 valence electrons. The van der Waals surface area contributed by atoms with Crippen LogP contribution >= 0.6 is 11.6 Å². The summed E-state index contributed by atoms with van der Waals surface area (Å²) in [5, 5.41) is 7.41. The van der Waals surface area contributed by atoms with Crippen LogP contribution in [0.2, 0.25) is 5.02 Å². The lowest BCUT2D eigenvalue weighted by Gasteiger charge is -2.22. The molecule has 2 rings (SSSR count). The third-order valence-corrected chi connectivity index (χ3v) is 6.30. The average Bonchev–Trinajstić information content (AvgIpc) is 3.16. The maximum absolute atomic E-state index is 11.4. The monoisotopic (exact) mass is 445 g/mol. The number of methoxy groups -OCH3 is 1. The standard InChI is InChI=1S/C19H32ClN5O3S/c1-4-21-19(22-10-6-11-23-29(26,27)5-2)24-16-9-12-25(14-16)17-13-15(20)7-8-18(17)28-3/h7-8,13,16,23H,4-6,9-12,14H2,1-3H3,(H2,21,22,24). The molecule has 8 nitrogen and oxygen atoms in total. The minimum atomic E-state index is -3.15. The van der Waals surface area contributed by atoms with Crippen LogP contribution in [0, 0.1) is 0 Å². The smallest absolute Gasteiger partial charge is 0.211 e. The van der Waals surface area contributed by atoms with Gasteiger partial charge >= 0.3 is 0 Å². The van der Waals surface area contributed by atoms with Crippen LogP contribution in [-0.4, -0.2) is 66.0 Å². The van der Waals surface area contributed by atoms with E-state index in [9.17, 15) is 8.42 Å². The van der Waals surface area contributed by atoms with Gasteiger partial charge in [0, 0.05) is 43.8 Å². The van der Waals surface area contributed by atoms with E-state index in [0.29, 0.717) is 24.5 Å². The molecule has 1 aromatic rings. The molecule has 0 saturated carbocycles. The quantitative estimate of drug-likeness (QED) is 0.289. The molecular formula is C19H32ClN5O3S. The van der Waals surface area contributed by atoms with Crippen molar-refractivity contribution < 1.29 is 13.2 Å². The number of nitrogens with one attached hydrogen (secondary N) is 3. The van der Waals surface area contributed by atoms with E-state index in [-0.39, 0.29) is 11.8 Å². The van der Waals surface area contributed by atoms with E-state index in [1.165, 1.54) is 0 Å². The summed E-state index contributed by atoms with van der Waals surface area (Å²) in [4.78, 5) is 6.82. The van der Waals surface area contributed by atoms with E-state index in [0.717, 1.165) is 43.5 Å². The summed E-state index contributed by atoms with van der Waals surface area (Å²) in [5.74, 6) is 1.65. The van der Waals surface area contributed by atoms with E-state index >= 15 is 0 Å². The number of benzene rings is 1. The van der Waals surface area contributed by atoms with Gasteiger partial charge in [-0.25, -0.2) is 13.1 Å². The third kappa shape index (κ3) is 7.56. The van der Waals surface area contributed by atoms with Gasteiger partial charge < -0.3 is 20.3 Å². The molecule has 1 fully saturated rings. The van der Waals surface area contributed by atoms with Crippen molar-refractivity contribution >= 4 is 33.3 Å². The Morgan fingerprint density at radius 1 is 1.38 bits per heavy atom. The van der Waals surface area contributed by atoms with Crippen LogP contribution < -0.4 is 25.0 Å². The van der Waals surface area contributed by atoms with Crippen molar-refractivity contribution in [1.82, 2.24) is 15.4 Å². The zero-order valence-corrected chi connectivity index (χ0v) is 18.9. The fourth-order valence-electron chi connectivity index (χ4n) is 3.12. The fraction of sp³-hybridized carbons (Fsp3) is 0.632. The Morgan fingerprint density at radius 3 is 2.86 bits per heavy atom. The molecule has 1 aromatic carbocycles. The van der Waals surface area contributed by atoms with Crippen LogP contribution in [0.3, 0.4) is 0 Å². The second-order valence-electron chi connectivity index (χ2n) is 6.80. The SMILES string of the molecule is CCNC(=NCCCNS(=O)(=O)CC)NC1CCN(c2cc(Cl)ccc2OC)C1. The van der Waals surface area contributed by atoms with Gasteiger partial charge in [-0.15, -0.1) is 0 Å². The molecule has 0 spiro atoms. The largest absolute Gasteiger partial charge is 0.495 e. The molecule has 0 bridgehead atoms. The van der Waals surface area contributed by atoms with Gasteiger partial charge in [0.2, 0.25) is 10.0 Å². The van der Waals surface area contributed by atoms with Gasteiger partial charge in [-0.3, -0.25) is 4.99 Å². The average molecular weight is 446 g/mol. The summed E-state index contributed by atoms with van der Waals surface area (Å²) in [7, 11) is -1.48. The van der Waals surface area contributed by atoms with Crippen LogP contribution in [0.15, 0.2) is 23.2 Å². The number of hydrogen-bond donors (Lipinski definition) is 3. The van der Waals surface area contributed by atoms with Crippen molar-refractivity contribution in [3.63, 3.8) is 0 Å². The van der Waals surface area contributed by atoms with E-state index in [1.807, 2.05) is 25.1 Å². The highest BCUT2D eigenvalue weighted by atomic mass is 35.5. The Labute approximate surface area is 179 Å². The molecule has 1 saturated heterocycles. The van der Waals surface area contributed by atoms with Crippen molar-refractivity contribution in [2.75, 3.05) is 50.5 Å². The number of guanidine groups is 1. The van der Waals surface area contributed by atoms with Crippen molar-refractivity contribution in [3.8, 4) is 5.75 Å². The highest BCUT2D eigenvalue weighted by Gasteiger charge is 2.25. The molecule has 1 heterocycles. The highest BCUT2D eigenvalue weighted by Crippen LogP contribution is 2.33. The molecule has 3 N–H and O–H groups in total. The number of halogens is 1. The second-order valence-corrected chi connectivity index (χ2v) is 9.34. The number of rotatable bonds is 10. The topological polar surface area (TPSA) is 95.1 Å². The number of sulfonamides is 1. The molecule has 1 aliphatic rings. The van der Waals surface area contributed by atoms with Crippen LogP contribution in [0.1, 0.15) is 26.7 Å². The minimum absolute atomic E-state index is 0.0933. The number of hydrogen-bond acceptors (Lipinski definition) is 5. The first kappa shape index (κ1) is 23.6. The van der Waals surface area contributed by atoms with Crippen LogP contribution in [-0.2, 0) is 10.0 Å². The molecule has 10 heteroatoms. The van der Waals surface area contributed by atoms with Crippen LogP contribution in [0.5, 0.6) is 5.75 Å². The lowest BCUT2D eigenvalue weighted by molar-refractivity contribution is 0.415. The van der Waals surface area contributed by atoms with Gasteiger partial charge in [0.1, 0.15) is 5.75 Å². The van der Waals surface area contributed by atoms with Gasteiger partial charge in [-0.2, -0.15) is 0 Å². The first-order valence-electron chi connectivity index (χ1n) is 9.99. The first-order valence-corrected chi connectivity index (χ1v) is 12.0. The Balaban J connectivity index is 1.89. The molecular weight excluding hydrogens is 414 g/mol. The summed E-state index contributed by atoms with van der Waals surface area (Å²) in [6, 6.07) is 5.89. The van der Waals surface area contributed by atoms with E-state index < -0.39 is 10.0 Å². The molecule has 1 atom stereocenters. The van der Waals surface area contributed by atoms with Gasteiger partial charge in [0.25, 0.3) is 0 Å².